The average Bonchev–Trinajstić information content (AvgIpc) is 3.36. The van der Waals surface area contributed by atoms with Crippen molar-refractivity contribution in [2.45, 2.75) is 65.8 Å². The quantitative estimate of drug-likeness (QED) is 0.288. The molecule has 9 heteroatoms. The van der Waals surface area contributed by atoms with Gasteiger partial charge in [-0.15, -0.1) is 10.1 Å². The van der Waals surface area contributed by atoms with E-state index in [1.165, 1.54) is 0 Å². The van der Waals surface area contributed by atoms with E-state index in [1.54, 1.807) is 13.1 Å². The van der Waals surface area contributed by atoms with Crippen LogP contribution in [0.5, 0.6) is 5.75 Å². The van der Waals surface area contributed by atoms with Crippen LogP contribution in [0.15, 0.2) is 30.5 Å². The average molecular weight is 501 g/mol. The number of ether oxygens (including phenoxy) is 2. The highest BCUT2D eigenvalue weighted by atomic mass is 35.5. The summed E-state index contributed by atoms with van der Waals surface area (Å²) < 4.78 is 11.9. The molecule has 5 atom stereocenters. The number of esters is 1. The number of carbonyl (C=O) groups excluding carboxylic acids is 1. The van der Waals surface area contributed by atoms with Gasteiger partial charge in [0.05, 0.1) is 18.7 Å². The fourth-order valence-corrected chi connectivity index (χ4v) is 6.85. The molecule has 186 valence electrons. The number of fused-ring (bicyclic) bond motifs is 3. The summed E-state index contributed by atoms with van der Waals surface area (Å²) >= 11 is 6.02. The normalized spacial score (nSPS) is 30.2. The van der Waals surface area contributed by atoms with Gasteiger partial charge in [0, 0.05) is 22.3 Å². The van der Waals surface area contributed by atoms with Crippen molar-refractivity contribution < 1.29 is 24.2 Å². The van der Waals surface area contributed by atoms with Crippen LogP contribution in [0.4, 0.5) is 0 Å². The molecule has 3 aliphatic rings. The van der Waals surface area contributed by atoms with E-state index in [4.69, 9.17) is 25.9 Å². The molecular weight excluding hydrogens is 472 g/mol. The minimum atomic E-state index is -0.725. The fourth-order valence-electron chi connectivity index (χ4n) is 6.72. The summed E-state index contributed by atoms with van der Waals surface area (Å²) in [6, 6.07) is 7.42. The Morgan fingerprint density at radius 1 is 1.29 bits per heavy atom. The summed E-state index contributed by atoms with van der Waals surface area (Å²) in [5.41, 5.74) is 2.63. The first-order chi connectivity index (χ1) is 16.5. The van der Waals surface area contributed by atoms with Gasteiger partial charge in [-0.2, -0.15) is 0 Å². The van der Waals surface area contributed by atoms with Crippen molar-refractivity contribution in [2.24, 2.45) is 22.7 Å². The lowest BCUT2D eigenvalue weighted by Gasteiger charge is -2.38. The topological polar surface area (TPSA) is 101 Å². The lowest BCUT2D eigenvalue weighted by Crippen LogP contribution is -2.41. The summed E-state index contributed by atoms with van der Waals surface area (Å²) in [6.45, 7) is 8.37. The molecule has 8 nitrogen and oxygen atoms in total. The van der Waals surface area contributed by atoms with Gasteiger partial charge in [-0.1, -0.05) is 44.5 Å². The molecule has 5 rings (SSSR count). The Bertz CT molecular complexity index is 1180. The van der Waals surface area contributed by atoms with Gasteiger partial charge in [0.25, 0.3) is 5.09 Å². The van der Waals surface area contributed by atoms with E-state index in [0.29, 0.717) is 23.1 Å². The Morgan fingerprint density at radius 3 is 2.69 bits per heavy atom. The number of hydrogen-bond acceptors (Lipinski definition) is 7. The van der Waals surface area contributed by atoms with E-state index >= 15 is 0 Å². The molecule has 35 heavy (non-hydrogen) atoms. The van der Waals surface area contributed by atoms with Crippen molar-refractivity contribution in [3.8, 4) is 5.75 Å². The van der Waals surface area contributed by atoms with E-state index in [-0.39, 0.29) is 35.2 Å². The van der Waals surface area contributed by atoms with Crippen molar-refractivity contribution in [1.82, 2.24) is 4.98 Å². The Morgan fingerprint density at radius 2 is 2.00 bits per heavy atom. The summed E-state index contributed by atoms with van der Waals surface area (Å²) in [4.78, 5) is 34.1. The van der Waals surface area contributed by atoms with Crippen LogP contribution >= 0.6 is 11.6 Å². The molecule has 0 radical (unpaired) electrons. The zero-order valence-corrected chi connectivity index (χ0v) is 21.0. The first-order valence-corrected chi connectivity index (χ1v) is 12.3. The highest BCUT2D eigenvalue weighted by molar-refractivity contribution is 6.30. The molecule has 2 aromatic rings. The molecule has 0 amide bonds. The number of pyridine rings is 1. The Kier molecular flexibility index (Phi) is 5.79. The summed E-state index contributed by atoms with van der Waals surface area (Å²) in [6.07, 6.45) is 2.60. The standard InChI is InChI=1S/C26H29ClN2O6/c1-14-22(19-13-33-23(18(19)12-28-14)15-5-7-16(27)8-6-15)34-21(30)11-17-20-9-10-26(4,25(20,2)3)24(17)35-29(31)32/h5-8,12,17,20,23-24H,9-11,13H2,1-4H3/t17?,20?,23-,24?,26?/m0/s1. The monoisotopic (exact) mass is 500 g/mol. The number of aryl methyl sites for hydroxylation is 1. The van der Waals surface area contributed by atoms with E-state index in [0.717, 1.165) is 29.5 Å². The molecule has 2 aliphatic carbocycles. The van der Waals surface area contributed by atoms with Crippen molar-refractivity contribution in [3.63, 3.8) is 0 Å². The third kappa shape index (κ3) is 3.78. The molecule has 2 fully saturated rings. The second kappa shape index (κ2) is 8.45. The van der Waals surface area contributed by atoms with Crippen LogP contribution in [0, 0.1) is 39.7 Å². The molecule has 2 bridgehead atoms. The number of nitrogens with zero attached hydrogens (tertiary/aromatic N) is 2. The first kappa shape index (κ1) is 24.0. The number of hydrogen-bond donors (Lipinski definition) is 0. The number of benzene rings is 1. The van der Waals surface area contributed by atoms with Crippen molar-refractivity contribution in [2.75, 3.05) is 0 Å². The molecule has 1 aromatic carbocycles. The molecule has 2 heterocycles. The second-order valence-electron chi connectivity index (χ2n) is 10.7. The van der Waals surface area contributed by atoms with Gasteiger partial charge in [0.1, 0.15) is 12.2 Å². The highest BCUT2D eigenvalue weighted by Gasteiger charge is 2.67. The largest absolute Gasteiger partial charge is 0.424 e. The van der Waals surface area contributed by atoms with Gasteiger partial charge in [-0.25, -0.2) is 0 Å². The van der Waals surface area contributed by atoms with Gasteiger partial charge < -0.3 is 14.3 Å². The van der Waals surface area contributed by atoms with Crippen LogP contribution in [0.2, 0.25) is 5.02 Å². The minimum Gasteiger partial charge on any atom is -0.424 e. The molecular formula is C26H29ClN2O6. The zero-order valence-electron chi connectivity index (χ0n) is 20.2. The van der Waals surface area contributed by atoms with Crippen molar-refractivity contribution in [1.29, 1.82) is 0 Å². The van der Waals surface area contributed by atoms with Gasteiger partial charge in [-0.05, 0) is 60.1 Å². The third-order valence-electron chi connectivity index (χ3n) is 8.92. The SMILES string of the molecule is Cc1ncc2c(c1OC(=O)CC1C3CCC(C)(C1O[N+](=O)[O-])C3(C)C)CO[C@H]2c1ccc(Cl)cc1. The van der Waals surface area contributed by atoms with Crippen LogP contribution in [-0.4, -0.2) is 22.1 Å². The molecule has 0 saturated heterocycles. The maximum atomic E-state index is 13.2. The van der Waals surface area contributed by atoms with E-state index < -0.39 is 17.2 Å². The molecule has 2 saturated carbocycles. The van der Waals surface area contributed by atoms with Crippen molar-refractivity contribution in [3.05, 3.63) is 68.0 Å². The highest BCUT2D eigenvalue weighted by Crippen LogP contribution is 2.69. The Balaban J connectivity index is 1.38. The maximum absolute atomic E-state index is 13.2. The van der Waals surface area contributed by atoms with E-state index in [1.807, 2.05) is 31.2 Å². The van der Waals surface area contributed by atoms with Gasteiger partial charge >= 0.3 is 5.97 Å². The lowest BCUT2D eigenvalue weighted by molar-refractivity contribution is -0.774. The Labute approximate surface area is 209 Å². The third-order valence-corrected chi connectivity index (χ3v) is 9.18. The molecule has 1 aromatic heterocycles. The van der Waals surface area contributed by atoms with E-state index in [9.17, 15) is 14.9 Å². The summed E-state index contributed by atoms with van der Waals surface area (Å²) in [5.74, 6) is -0.176. The van der Waals surface area contributed by atoms with Crippen LogP contribution < -0.4 is 4.74 Å². The van der Waals surface area contributed by atoms with Crippen LogP contribution in [0.25, 0.3) is 0 Å². The summed E-state index contributed by atoms with van der Waals surface area (Å²) in [7, 11) is 0. The smallest absolute Gasteiger partial charge is 0.311 e. The molecule has 0 N–H and O–H groups in total. The number of rotatable bonds is 6. The molecule has 0 spiro atoms. The van der Waals surface area contributed by atoms with Crippen LogP contribution in [0.3, 0.4) is 0 Å². The molecule has 1 aliphatic heterocycles. The van der Waals surface area contributed by atoms with Gasteiger partial charge in [0.2, 0.25) is 0 Å². The van der Waals surface area contributed by atoms with Crippen LogP contribution in [0.1, 0.15) is 68.5 Å². The first-order valence-electron chi connectivity index (χ1n) is 11.9. The predicted octanol–water partition coefficient (Wildman–Crippen LogP) is 5.61. The predicted molar refractivity (Wildman–Crippen MR) is 127 cm³/mol. The van der Waals surface area contributed by atoms with Gasteiger partial charge in [0.15, 0.2) is 5.75 Å². The Hall–Kier alpha value is -2.71. The lowest BCUT2D eigenvalue weighted by atomic mass is 9.70. The van der Waals surface area contributed by atoms with Crippen molar-refractivity contribution >= 4 is 17.6 Å². The summed E-state index contributed by atoms with van der Waals surface area (Å²) in [5, 5.41) is 11.2. The van der Waals surface area contributed by atoms with E-state index in [2.05, 4.69) is 18.8 Å². The van der Waals surface area contributed by atoms with Gasteiger partial charge in [-0.3, -0.25) is 9.78 Å². The number of aromatic nitrogens is 1. The second-order valence-corrected chi connectivity index (χ2v) is 11.2. The fraction of sp³-hybridized carbons (Fsp3) is 0.538. The maximum Gasteiger partial charge on any atom is 0.311 e. The number of carbonyl (C=O) groups is 1. The van der Waals surface area contributed by atoms with Crippen LogP contribution in [-0.2, 0) is 21.0 Å². The zero-order chi connectivity index (χ0) is 25.1. The molecule has 4 unspecified atom stereocenters. The minimum absolute atomic E-state index is 0.0484. The number of halogens is 1.